The topological polar surface area (TPSA) is 48.2 Å². The molecule has 16 heavy (non-hydrogen) atoms. The first-order valence-corrected chi connectivity index (χ1v) is 6.76. The van der Waals surface area contributed by atoms with Crippen LogP contribution in [-0.4, -0.2) is 29.7 Å². The average Bonchev–Trinajstić information content (AvgIpc) is 2.94. The summed E-state index contributed by atoms with van der Waals surface area (Å²) in [5.41, 5.74) is 0. The molecule has 0 atom stereocenters. The Balaban J connectivity index is 1.88. The molecular weight excluding hydrogens is 244 g/mol. The first-order chi connectivity index (χ1) is 7.90. The van der Waals surface area contributed by atoms with E-state index in [4.69, 9.17) is 9.15 Å². The van der Waals surface area contributed by atoms with Crippen molar-refractivity contribution in [1.82, 2.24) is 10.2 Å². The Kier molecular flexibility index (Phi) is 4.38. The van der Waals surface area contributed by atoms with Gasteiger partial charge in [0, 0.05) is 19.5 Å². The van der Waals surface area contributed by atoms with Crippen LogP contribution >= 0.6 is 23.1 Å². The van der Waals surface area contributed by atoms with Crippen LogP contribution in [0.5, 0.6) is 0 Å². The molecule has 2 aromatic rings. The molecule has 0 bridgehead atoms. The summed E-state index contributed by atoms with van der Waals surface area (Å²) in [5.74, 6) is 1.53. The van der Waals surface area contributed by atoms with Gasteiger partial charge in [-0.3, -0.25) is 0 Å². The highest BCUT2D eigenvalue weighted by atomic mass is 32.2. The van der Waals surface area contributed by atoms with Crippen LogP contribution < -0.4 is 0 Å². The van der Waals surface area contributed by atoms with Crippen LogP contribution in [0.1, 0.15) is 6.42 Å². The molecule has 0 N–H and O–H groups in total. The fourth-order valence-corrected chi connectivity index (χ4v) is 2.45. The van der Waals surface area contributed by atoms with Crippen LogP contribution in [0.25, 0.3) is 10.8 Å². The van der Waals surface area contributed by atoms with Crippen LogP contribution in [0, 0.1) is 0 Å². The van der Waals surface area contributed by atoms with E-state index in [1.807, 2.05) is 17.5 Å². The van der Waals surface area contributed by atoms with Crippen molar-refractivity contribution in [2.45, 2.75) is 11.6 Å². The fourth-order valence-electron chi connectivity index (χ4n) is 1.13. The Morgan fingerprint density at radius 2 is 2.44 bits per heavy atom. The number of thiophene rings is 1. The van der Waals surface area contributed by atoms with Crippen molar-refractivity contribution < 1.29 is 9.15 Å². The lowest BCUT2D eigenvalue weighted by atomic mass is 10.5. The van der Waals surface area contributed by atoms with Gasteiger partial charge in [-0.1, -0.05) is 17.8 Å². The number of ether oxygens (including phenoxy) is 1. The van der Waals surface area contributed by atoms with Gasteiger partial charge < -0.3 is 9.15 Å². The first-order valence-electron chi connectivity index (χ1n) is 4.89. The molecule has 0 amide bonds. The minimum Gasteiger partial charge on any atom is -0.410 e. The van der Waals surface area contributed by atoms with Gasteiger partial charge in [0.25, 0.3) is 11.1 Å². The first kappa shape index (κ1) is 11.6. The number of thioether (sulfide) groups is 1. The molecule has 0 saturated heterocycles. The van der Waals surface area contributed by atoms with Crippen LogP contribution in [0.15, 0.2) is 27.2 Å². The van der Waals surface area contributed by atoms with E-state index in [0.717, 1.165) is 23.7 Å². The van der Waals surface area contributed by atoms with Gasteiger partial charge in [-0.2, -0.15) is 0 Å². The summed E-state index contributed by atoms with van der Waals surface area (Å²) in [4.78, 5) is 1.01. The van der Waals surface area contributed by atoms with Gasteiger partial charge in [0.05, 0.1) is 4.88 Å². The van der Waals surface area contributed by atoms with Crippen molar-refractivity contribution in [3.8, 4) is 10.8 Å². The molecule has 0 saturated carbocycles. The summed E-state index contributed by atoms with van der Waals surface area (Å²) < 4.78 is 10.5. The second-order valence-electron chi connectivity index (χ2n) is 3.05. The van der Waals surface area contributed by atoms with E-state index in [1.54, 1.807) is 30.2 Å². The van der Waals surface area contributed by atoms with Gasteiger partial charge in [0.15, 0.2) is 0 Å². The Bertz CT molecular complexity index is 414. The Morgan fingerprint density at radius 3 is 3.19 bits per heavy atom. The standard InChI is InChI=1S/C10H12N2O2S2/c1-13-5-3-7-16-10-12-11-9(14-10)8-4-2-6-15-8/h2,4,6H,3,5,7H2,1H3. The summed E-state index contributed by atoms with van der Waals surface area (Å²) in [6.07, 6.45) is 0.984. The number of nitrogens with zero attached hydrogens (tertiary/aromatic N) is 2. The van der Waals surface area contributed by atoms with Gasteiger partial charge in [0.1, 0.15) is 0 Å². The average molecular weight is 256 g/mol. The molecule has 0 unspecified atom stereocenters. The minimum atomic E-state index is 0.601. The molecule has 2 rings (SSSR count). The van der Waals surface area contributed by atoms with Crippen molar-refractivity contribution in [2.24, 2.45) is 0 Å². The van der Waals surface area contributed by atoms with E-state index < -0.39 is 0 Å². The summed E-state index contributed by atoms with van der Waals surface area (Å²) >= 11 is 3.16. The molecule has 0 aliphatic heterocycles. The molecule has 0 aromatic carbocycles. The van der Waals surface area contributed by atoms with E-state index >= 15 is 0 Å². The molecule has 0 fully saturated rings. The molecule has 86 valence electrons. The summed E-state index contributed by atoms with van der Waals surface area (Å²) in [7, 11) is 1.70. The van der Waals surface area contributed by atoms with Crippen molar-refractivity contribution in [2.75, 3.05) is 19.5 Å². The molecule has 0 aliphatic carbocycles. The maximum atomic E-state index is 5.52. The Labute approximate surface area is 102 Å². The lowest BCUT2D eigenvalue weighted by Gasteiger charge is -1.95. The molecule has 0 aliphatic rings. The van der Waals surface area contributed by atoms with Crippen molar-refractivity contribution in [3.05, 3.63) is 17.5 Å². The van der Waals surface area contributed by atoms with Crippen molar-refractivity contribution in [1.29, 1.82) is 0 Å². The Hall–Kier alpha value is -0.850. The predicted octanol–water partition coefficient (Wildman–Crippen LogP) is 2.93. The lowest BCUT2D eigenvalue weighted by molar-refractivity contribution is 0.200. The number of hydrogen-bond donors (Lipinski definition) is 0. The van der Waals surface area contributed by atoms with Crippen molar-refractivity contribution in [3.63, 3.8) is 0 Å². The maximum absolute atomic E-state index is 5.52. The highest BCUT2D eigenvalue weighted by molar-refractivity contribution is 7.99. The Morgan fingerprint density at radius 1 is 1.50 bits per heavy atom. The van der Waals surface area contributed by atoms with Gasteiger partial charge >= 0.3 is 0 Å². The molecule has 2 aromatic heterocycles. The van der Waals surface area contributed by atoms with Crippen LogP contribution in [-0.2, 0) is 4.74 Å². The second-order valence-corrected chi connectivity index (χ2v) is 5.04. The third-order valence-electron chi connectivity index (χ3n) is 1.86. The zero-order chi connectivity index (χ0) is 11.2. The zero-order valence-electron chi connectivity index (χ0n) is 8.88. The van der Waals surface area contributed by atoms with Gasteiger partial charge in [-0.05, 0) is 17.9 Å². The largest absolute Gasteiger partial charge is 0.410 e. The van der Waals surface area contributed by atoms with Gasteiger partial charge in [-0.15, -0.1) is 21.5 Å². The smallest absolute Gasteiger partial charge is 0.276 e. The van der Waals surface area contributed by atoms with E-state index in [9.17, 15) is 0 Å². The lowest BCUT2D eigenvalue weighted by Crippen LogP contribution is -1.89. The van der Waals surface area contributed by atoms with Crippen LogP contribution in [0.2, 0.25) is 0 Å². The number of hydrogen-bond acceptors (Lipinski definition) is 6. The van der Waals surface area contributed by atoms with E-state index in [1.165, 1.54) is 0 Å². The number of rotatable bonds is 6. The third kappa shape index (κ3) is 3.07. The fraction of sp³-hybridized carbons (Fsp3) is 0.400. The molecule has 0 spiro atoms. The quantitative estimate of drug-likeness (QED) is 0.587. The summed E-state index contributed by atoms with van der Waals surface area (Å²) in [5, 5.41) is 10.6. The third-order valence-corrected chi connectivity index (χ3v) is 3.62. The second kappa shape index (κ2) is 6.03. The maximum Gasteiger partial charge on any atom is 0.276 e. The van der Waals surface area contributed by atoms with Crippen LogP contribution in [0.3, 0.4) is 0 Å². The van der Waals surface area contributed by atoms with Crippen LogP contribution in [0.4, 0.5) is 0 Å². The zero-order valence-corrected chi connectivity index (χ0v) is 10.5. The normalized spacial score (nSPS) is 10.8. The number of aromatic nitrogens is 2. The molecular formula is C10H12N2O2S2. The van der Waals surface area contributed by atoms with Gasteiger partial charge in [-0.25, -0.2) is 0 Å². The van der Waals surface area contributed by atoms with Gasteiger partial charge in [0.2, 0.25) is 0 Å². The number of methoxy groups -OCH3 is 1. The van der Waals surface area contributed by atoms with E-state index in [-0.39, 0.29) is 0 Å². The molecule has 6 heteroatoms. The van der Waals surface area contributed by atoms with E-state index in [0.29, 0.717) is 11.1 Å². The molecule has 2 heterocycles. The summed E-state index contributed by atoms with van der Waals surface area (Å²) in [6, 6.07) is 3.94. The molecule has 0 radical (unpaired) electrons. The highest BCUT2D eigenvalue weighted by Gasteiger charge is 2.09. The SMILES string of the molecule is COCCCSc1nnc(-c2cccs2)o1. The highest BCUT2D eigenvalue weighted by Crippen LogP contribution is 2.26. The molecule has 4 nitrogen and oxygen atoms in total. The monoisotopic (exact) mass is 256 g/mol. The summed E-state index contributed by atoms with van der Waals surface area (Å²) in [6.45, 7) is 0.763. The van der Waals surface area contributed by atoms with Crippen molar-refractivity contribution >= 4 is 23.1 Å². The van der Waals surface area contributed by atoms with E-state index in [2.05, 4.69) is 10.2 Å². The minimum absolute atomic E-state index is 0.601. The predicted molar refractivity (Wildman–Crippen MR) is 64.8 cm³/mol.